The van der Waals surface area contributed by atoms with Gasteiger partial charge in [0.1, 0.15) is 46.4 Å². The number of phenols is 2. The van der Waals surface area contributed by atoms with E-state index in [-0.39, 0.29) is 69.7 Å². The second-order valence-corrected chi connectivity index (χ2v) is 33.8. The predicted molar refractivity (Wildman–Crippen MR) is 468 cm³/mol. The number of H-pyrrole nitrogens is 1. The molecule has 0 saturated carbocycles. The van der Waals surface area contributed by atoms with Crippen LogP contribution in [0.1, 0.15) is 186 Å². The number of Topliss-reactive ketones (excluding diaryl/α,β-unsaturated/α-hetero) is 1. The molecule has 9 aromatic carbocycles. The highest BCUT2D eigenvalue weighted by atomic mass is 35.5. The fraction of sp³-hybridized carbons (Fsp3) is 0.341. The molecular formula is C88H102ClN15O13S3. The number of esters is 2. The fourth-order valence-electron chi connectivity index (χ4n) is 12.4. The number of thioether (sulfide) groups is 1. The number of benzene rings is 9. The zero-order valence-corrected chi connectivity index (χ0v) is 71.9. The molecule has 0 spiro atoms. The molecule has 3 heterocycles. The van der Waals surface area contributed by atoms with Gasteiger partial charge in [-0.25, -0.2) is 22.6 Å². The van der Waals surface area contributed by atoms with E-state index >= 15 is 0 Å². The Labute approximate surface area is 711 Å². The van der Waals surface area contributed by atoms with Crippen molar-refractivity contribution in [2.45, 2.75) is 179 Å². The number of fused-ring (bicyclic) bond motifs is 3. The number of ketones is 1. The Morgan fingerprint density at radius 3 is 1.88 bits per heavy atom. The summed E-state index contributed by atoms with van der Waals surface area (Å²) >= 11 is 8.62. The normalized spacial score (nSPS) is 11.4. The van der Waals surface area contributed by atoms with Gasteiger partial charge in [-0.2, -0.15) is 15.4 Å². The number of hydrogen-bond acceptors (Lipinski definition) is 23. The molecular weight excluding hydrogens is 1610 g/mol. The molecule has 1 unspecified atom stereocenters. The SMILES string of the molecule is CCCCCCCCCCCCCCCCS(=O)(=O)Nc1cc(CSc2nnnn2CC(=O)OCCC)ccc1Oc1cc(C(N)=O)c(O)c2ccccc12.Cc1ccc(Cl)c(NC(=O)C(C)C(=O)C(C)(C)C)c1.Cc1ccccc1NC(=O)c1cc(Sc2nnnn2C)c2ccccc2c1O.O=C(Oc1ccccc1)c1ccc2n[nH]nc2c1. The molecule has 28 nitrogen and oxygen atoms in total. The first-order valence-corrected chi connectivity index (χ1v) is 43.6. The third kappa shape index (κ3) is 27.4. The largest absolute Gasteiger partial charge is 0.506 e. The summed E-state index contributed by atoms with van der Waals surface area (Å²) in [6, 6.07) is 49.2. The number of halogens is 1. The maximum Gasteiger partial charge on any atom is 0.343 e. The van der Waals surface area contributed by atoms with Crippen LogP contribution in [0.3, 0.4) is 0 Å². The second kappa shape index (κ2) is 45.4. The summed E-state index contributed by atoms with van der Waals surface area (Å²) < 4.78 is 49.3. The summed E-state index contributed by atoms with van der Waals surface area (Å²) in [5.41, 5.74) is 11.0. The third-order valence-electron chi connectivity index (χ3n) is 19.0. The van der Waals surface area contributed by atoms with E-state index in [4.69, 9.17) is 31.5 Å². The summed E-state index contributed by atoms with van der Waals surface area (Å²) in [5.74, 6) is -2.31. The standard InChI is InChI=1S/C40H56N6O7S2.C20H17N5O2S.C15H20ClNO2.C13H9N3O2/c1-3-5-6-7-8-9-10-11-12-13-14-15-16-19-25-55(50,51)43-34-26-30(29-54-40-42-44-45-46(40)28-37(47)52-24-4-2)22-23-35(34)53-36-27-33(39(41)49)38(48)32-21-18-17-20-31(32)36;1-12-7-3-6-10-16(12)21-19(27)15-11-17(28-20-22-23-24-25(20)2)13-8-4-5-9-14(13)18(15)26;1-9-6-7-11(16)12(8-9)17-14(19)10(2)13(18)15(3,4)5;17-13(18-10-4-2-1-3-5-10)9-6-7-11-12(8-9)15-16-14-11/h17-18,20-23,26-27,43,48H,3-16,19,24-25,28-29H2,1-2H3,(H2,41,49);3-11,26H,1-2H3,(H,21,27);6-8,10H,1-5H3,(H,17,19);1-8H,(H,14,15,16). The van der Waals surface area contributed by atoms with E-state index in [0.717, 1.165) is 46.2 Å². The van der Waals surface area contributed by atoms with Gasteiger partial charge in [0.25, 0.3) is 11.8 Å². The number of primary amides is 1. The van der Waals surface area contributed by atoms with Crippen LogP contribution in [0.5, 0.6) is 28.7 Å². The number of unbranched alkanes of at least 4 members (excludes halogenated alkanes) is 13. The van der Waals surface area contributed by atoms with E-state index in [0.29, 0.717) is 90.4 Å². The number of ether oxygens (including phenoxy) is 3. The molecule has 1 atom stereocenters. The molecule has 0 aliphatic rings. The van der Waals surface area contributed by atoms with Crippen LogP contribution in [0.4, 0.5) is 17.1 Å². The molecule has 3 aromatic heterocycles. The van der Waals surface area contributed by atoms with Gasteiger partial charge in [0.15, 0.2) is 5.75 Å². The molecule has 3 amide bonds. The van der Waals surface area contributed by atoms with Crippen LogP contribution in [0.2, 0.25) is 5.02 Å². The molecule has 0 aliphatic carbocycles. The monoisotopic (exact) mass is 1710 g/mol. The average molecular weight is 1710 g/mol. The lowest BCUT2D eigenvalue weighted by Gasteiger charge is -2.21. The number of aryl methyl sites for hydroxylation is 3. The molecule has 12 rings (SSSR count). The van der Waals surface area contributed by atoms with Gasteiger partial charge in [0.2, 0.25) is 26.2 Å². The Morgan fingerprint density at radius 2 is 1.23 bits per heavy atom. The number of para-hydroxylation sites is 2. The smallest absolute Gasteiger partial charge is 0.343 e. The number of phenolic OH excluding ortho intramolecular Hbond substituents is 1. The number of hydrogen-bond donors (Lipinski definition) is 7. The fourth-order valence-corrected chi connectivity index (χ4v) is 15.5. The minimum absolute atomic E-state index is 0.0536. The van der Waals surface area contributed by atoms with E-state index < -0.39 is 39.2 Å². The number of anilines is 3. The lowest BCUT2D eigenvalue weighted by Crippen LogP contribution is -2.34. The number of carbonyl (C=O) groups is 6. The summed E-state index contributed by atoms with van der Waals surface area (Å²) in [4.78, 5) is 74.1. The highest BCUT2D eigenvalue weighted by Gasteiger charge is 2.32. The molecule has 32 heteroatoms. The minimum atomic E-state index is -3.78. The van der Waals surface area contributed by atoms with Gasteiger partial charge in [-0.05, 0) is 161 Å². The van der Waals surface area contributed by atoms with Crippen molar-refractivity contribution in [3.63, 3.8) is 0 Å². The van der Waals surface area contributed by atoms with Crippen LogP contribution in [0.25, 0.3) is 32.6 Å². The van der Waals surface area contributed by atoms with Gasteiger partial charge in [-0.1, -0.05) is 239 Å². The zero-order chi connectivity index (χ0) is 86.3. The summed E-state index contributed by atoms with van der Waals surface area (Å²) in [6.45, 7) is 15.2. The van der Waals surface area contributed by atoms with Crippen molar-refractivity contribution >= 4 is 130 Å². The number of sulfonamides is 1. The van der Waals surface area contributed by atoms with Gasteiger partial charge < -0.3 is 40.8 Å². The maximum atomic E-state index is 13.5. The molecule has 0 saturated heterocycles. The van der Waals surface area contributed by atoms with Crippen LogP contribution < -0.4 is 30.6 Å². The van der Waals surface area contributed by atoms with E-state index in [2.05, 4.69) is 68.7 Å². The van der Waals surface area contributed by atoms with Gasteiger partial charge in [-0.15, -0.1) is 10.2 Å². The van der Waals surface area contributed by atoms with E-state index in [9.17, 15) is 47.4 Å². The van der Waals surface area contributed by atoms with Crippen molar-refractivity contribution in [2.24, 2.45) is 24.1 Å². The summed E-state index contributed by atoms with van der Waals surface area (Å²) in [7, 11) is -2.03. The number of tetrazole rings is 2. The molecule has 0 aliphatic heterocycles. The lowest BCUT2D eigenvalue weighted by atomic mass is 9.83. The molecule has 0 radical (unpaired) electrons. The number of rotatable bonds is 36. The van der Waals surface area contributed by atoms with Crippen LogP contribution in [0, 0.1) is 25.2 Å². The van der Waals surface area contributed by atoms with Crippen molar-refractivity contribution in [1.82, 2.24) is 55.8 Å². The Hall–Kier alpha value is -11.8. The number of nitrogens with two attached hydrogens (primary N) is 1. The molecule has 0 bridgehead atoms. The minimum Gasteiger partial charge on any atom is -0.506 e. The predicted octanol–water partition coefficient (Wildman–Crippen LogP) is 18.7. The van der Waals surface area contributed by atoms with E-state index in [1.807, 2.05) is 87.5 Å². The first-order valence-electron chi connectivity index (χ1n) is 39.7. The molecule has 0 fully saturated rings. The number of amides is 3. The molecule has 8 N–H and O–H groups in total. The zero-order valence-electron chi connectivity index (χ0n) is 68.7. The van der Waals surface area contributed by atoms with Gasteiger partial charge in [0.05, 0.1) is 51.4 Å². The number of aromatic nitrogens is 11. The van der Waals surface area contributed by atoms with Crippen molar-refractivity contribution in [1.29, 1.82) is 0 Å². The van der Waals surface area contributed by atoms with Crippen molar-refractivity contribution in [3.8, 4) is 28.7 Å². The Balaban J connectivity index is 0.000000207. The lowest BCUT2D eigenvalue weighted by molar-refractivity contribution is -0.144. The summed E-state index contributed by atoms with van der Waals surface area (Å²) in [5, 5.41) is 64.3. The highest BCUT2D eigenvalue weighted by Crippen LogP contribution is 2.42. The molecule has 12 aromatic rings. The van der Waals surface area contributed by atoms with E-state index in [1.54, 1.807) is 136 Å². The number of nitrogens with zero attached hydrogens (tertiary/aromatic N) is 10. The van der Waals surface area contributed by atoms with Gasteiger partial charge in [-0.3, -0.25) is 28.7 Å². The number of nitrogens with one attached hydrogen (secondary N) is 4. The van der Waals surface area contributed by atoms with E-state index in [1.165, 1.54) is 98.5 Å². The number of aromatic amines is 1. The Kier molecular flexibility index (Phi) is 34.8. The van der Waals surface area contributed by atoms with Gasteiger partial charge in [0, 0.05) is 45.0 Å². The van der Waals surface area contributed by atoms with Crippen LogP contribution >= 0.6 is 35.1 Å². The van der Waals surface area contributed by atoms with Crippen LogP contribution in [-0.2, 0) is 48.5 Å². The van der Waals surface area contributed by atoms with Crippen molar-refractivity contribution < 1.29 is 61.6 Å². The van der Waals surface area contributed by atoms with Crippen LogP contribution in [-0.4, -0.2) is 122 Å². The van der Waals surface area contributed by atoms with Gasteiger partial charge >= 0.3 is 11.9 Å². The topological polar surface area (TPSA) is 396 Å². The average Bonchev–Trinajstić information content (AvgIpc) is 0.784. The quantitative estimate of drug-likeness (QED) is 0.00630. The van der Waals surface area contributed by atoms with Crippen LogP contribution in [0.15, 0.2) is 185 Å². The Morgan fingerprint density at radius 1 is 0.617 bits per heavy atom. The number of aromatic hydroxyl groups is 2. The first kappa shape index (κ1) is 92.1. The second-order valence-electron chi connectivity index (χ2n) is 29.6. The van der Waals surface area contributed by atoms with Crippen molar-refractivity contribution in [2.75, 3.05) is 27.7 Å². The summed E-state index contributed by atoms with van der Waals surface area (Å²) in [6.07, 6.45) is 17.0. The third-order valence-corrected chi connectivity index (χ3v) is 22.8. The van der Waals surface area contributed by atoms with Crippen molar-refractivity contribution in [3.05, 3.63) is 208 Å². The number of carbonyl (C=O) groups excluding carboxylic acids is 6. The molecule has 632 valence electrons. The molecule has 120 heavy (non-hydrogen) atoms. The highest BCUT2D eigenvalue weighted by molar-refractivity contribution is 7.99. The Bertz CT molecular complexity index is 5610. The first-order chi connectivity index (χ1) is 57.6. The maximum absolute atomic E-state index is 13.5.